The summed E-state index contributed by atoms with van der Waals surface area (Å²) < 4.78 is 0. The van der Waals surface area contributed by atoms with E-state index in [4.69, 9.17) is 5.73 Å². The second-order valence-electron chi connectivity index (χ2n) is 5.27. The zero-order valence-corrected chi connectivity index (χ0v) is 10.8. The molecule has 2 heteroatoms. The highest BCUT2D eigenvalue weighted by Gasteiger charge is 2.33. The first-order valence-electron chi connectivity index (χ1n) is 6.78. The maximum atomic E-state index is 6.68. The van der Waals surface area contributed by atoms with E-state index < -0.39 is 0 Å². The van der Waals surface area contributed by atoms with Gasteiger partial charge in [0.15, 0.2) is 0 Å². The summed E-state index contributed by atoms with van der Waals surface area (Å²) in [6.07, 6.45) is 4.51. The fraction of sp³-hybridized carbons (Fsp3) is 0.600. The highest BCUT2D eigenvalue weighted by molar-refractivity contribution is 5.18. The van der Waals surface area contributed by atoms with Crippen molar-refractivity contribution < 1.29 is 0 Å². The Kier molecular flexibility index (Phi) is 4.19. The summed E-state index contributed by atoms with van der Waals surface area (Å²) in [5.74, 6) is 0.661. The Morgan fingerprint density at radius 1 is 1.24 bits per heavy atom. The molecule has 0 saturated carbocycles. The van der Waals surface area contributed by atoms with E-state index in [0.717, 1.165) is 25.9 Å². The van der Waals surface area contributed by atoms with E-state index in [1.807, 2.05) is 0 Å². The quantitative estimate of drug-likeness (QED) is 0.836. The van der Waals surface area contributed by atoms with Crippen LogP contribution in [0.5, 0.6) is 0 Å². The summed E-state index contributed by atoms with van der Waals surface area (Å²) in [7, 11) is 0. The highest BCUT2D eigenvalue weighted by atomic mass is 14.9. The SMILES string of the molecule is CCC(N)(Cc1ccccc1)C1CCNCC1. The van der Waals surface area contributed by atoms with Gasteiger partial charge in [-0.25, -0.2) is 0 Å². The van der Waals surface area contributed by atoms with E-state index >= 15 is 0 Å². The summed E-state index contributed by atoms with van der Waals surface area (Å²) >= 11 is 0. The molecule has 17 heavy (non-hydrogen) atoms. The third kappa shape index (κ3) is 3.08. The molecule has 0 spiro atoms. The maximum absolute atomic E-state index is 6.68. The van der Waals surface area contributed by atoms with Gasteiger partial charge in [0, 0.05) is 5.54 Å². The van der Waals surface area contributed by atoms with Crippen LogP contribution in [0.25, 0.3) is 0 Å². The van der Waals surface area contributed by atoms with Gasteiger partial charge in [0.1, 0.15) is 0 Å². The van der Waals surface area contributed by atoms with E-state index in [-0.39, 0.29) is 5.54 Å². The predicted molar refractivity (Wildman–Crippen MR) is 72.9 cm³/mol. The van der Waals surface area contributed by atoms with Crippen LogP contribution in [0.1, 0.15) is 31.7 Å². The van der Waals surface area contributed by atoms with Gasteiger partial charge in [-0.05, 0) is 50.3 Å². The lowest BCUT2D eigenvalue weighted by Gasteiger charge is -2.39. The lowest BCUT2D eigenvalue weighted by molar-refractivity contribution is 0.206. The minimum Gasteiger partial charge on any atom is -0.325 e. The molecule has 1 unspecified atom stereocenters. The molecular formula is C15H24N2. The number of piperidine rings is 1. The fourth-order valence-electron chi connectivity index (χ4n) is 2.93. The van der Waals surface area contributed by atoms with Crippen molar-refractivity contribution in [3.63, 3.8) is 0 Å². The number of hydrogen-bond acceptors (Lipinski definition) is 2. The van der Waals surface area contributed by atoms with Crippen molar-refractivity contribution in [3.8, 4) is 0 Å². The lowest BCUT2D eigenvalue weighted by Crippen LogP contribution is -2.51. The van der Waals surface area contributed by atoms with Crippen molar-refractivity contribution in [2.75, 3.05) is 13.1 Å². The summed E-state index contributed by atoms with van der Waals surface area (Å²) in [4.78, 5) is 0. The average molecular weight is 232 g/mol. The van der Waals surface area contributed by atoms with Gasteiger partial charge < -0.3 is 11.1 Å². The molecule has 2 rings (SSSR count). The van der Waals surface area contributed by atoms with Crippen LogP contribution >= 0.6 is 0 Å². The van der Waals surface area contributed by atoms with Gasteiger partial charge >= 0.3 is 0 Å². The normalized spacial score (nSPS) is 21.1. The molecule has 1 aliphatic heterocycles. The second kappa shape index (κ2) is 5.65. The molecule has 2 nitrogen and oxygen atoms in total. The van der Waals surface area contributed by atoms with E-state index in [1.165, 1.54) is 18.4 Å². The van der Waals surface area contributed by atoms with Gasteiger partial charge in [-0.2, -0.15) is 0 Å². The minimum absolute atomic E-state index is 0.0244. The maximum Gasteiger partial charge on any atom is 0.0222 e. The van der Waals surface area contributed by atoms with Crippen molar-refractivity contribution in [2.45, 2.75) is 38.1 Å². The molecule has 1 aromatic rings. The molecular weight excluding hydrogens is 208 g/mol. The molecule has 3 N–H and O–H groups in total. The summed E-state index contributed by atoms with van der Waals surface area (Å²) in [6.45, 7) is 4.47. The number of nitrogens with one attached hydrogen (secondary N) is 1. The van der Waals surface area contributed by atoms with Crippen LogP contribution in [0.3, 0.4) is 0 Å². The average Bonchev–Trinajstić information content (AvgIpc) is 2.41. The fourth-order valence-corrected chi connectivity index (χ4v) is 2.93. The Bertz CT molecular complexity index is 330. The highest BCUT2D eigenvalue weighted by Crippen LogP contribution is 2.30. The van der Waals surface area contributed by atoms with Gasteiger partial charge in [-0.15, -0.1) is 0 Å². The van der Waals surface area contributed by atoms with E-state index in [0.29, 0.717) is 5.92 Å². The molecule has 0 radical (unpaired) electrons. The van der Waals surface area contributed by atoms with Crippen LogP contribution in [0.2, 0.25) is 0 Å². The molecule has 0 bridgehead atoms. The molecule has 1 aliphatic rings. The molecule has 0 amide bonds. The first-order valence-corrected chi connectivity index (χ1v) is 6.78. The van der Waals surface area contributed by atoms with Crippen LogP contribution in [0.15, 0.2) is 30.3 Å². The molecule has 1 saturated heterocycles. The van der Waals surface area contributed by atoms with Gasteiger partial charge in [-0.1, -0.05) is 37.3 Å². The number of rotatable bonds is 4. The summed E-state index contributed by atoms with van der Waals surface area (Å²) in [5.41, 5.74) is 8.02. The summed E-state index contributed by atoms with van der Waals surface area (Å²) in [5, 5.41) is 3.42. The molecule has 1 aromatic carbocycles. The molecule has 94 valence electrons. The molecule has 0 aliphatic carbocycles. The zero-order valence-electron chi connectivity index (χ0n) is 10.8. The minimum atomic E-state index is -0.0244. The first kappa shape index (κ1) is 12.6. The molecule has 1 atom stereocenters. The van der Waals surface area contributed by atoms with Crippen molar-refractivity contribution in [2.24, 2.45) is 11.7 Å². The largest absolute Gasteiger partial charge is 0.325 e. The van der Waals surface area contributed by atoms with Crippen LogP contribution in [0.4, 0.5) is 0 Å². The smallest absolute Gasteiger partial charge is 0.0222 e. The zero-order chi connectivity index (χ0) is 12.1. The van der Waals surface area contributed by atoms with Gasteiger partial charge in [0.05, 0.1) is 0 Å². The number of benzene rings is 1. The predicted octanol–water partition coefficient (Wildman–Crippen LogP) is 2.34. The number of nitrogens with two attached hydrogens (primary N) is 1. The Morgan fingerprint density at radius 2 is 1.88 bits per heavy atom. The van der Waals surface area contributed by atoms with E-state index in [2.05, 4.69) is 42.6 Å². The van der Waals surface area contributed by atoms with Gasteiger partial charge in [0.25, 0.3) is 0 Å². The monoisotopic (exact) mass is 232 g/mol. The standard InChI is InChI=1S/C15H24N2/c1-2-15(16,14-8-10-17-11-9-14)12-13-6-4-3-5-7-13/h3-7,14,17H,2,8-12,16H2,1H3. The molecule has 1 heterocycles. The molecule has 1 fully saturated rings. The van der Waals surface area contributed by atoms with Crippen LogP contribution in [-0.2, 0) is 6.42 Å². The Morgan fingerprint density at radius 3 is 2.47 bits per heavy atom. The molecule has 0 aromatic heterocycles. The van der Waals surface area contributed by atoms with Crippen LogP contribution < -0.4 is 11.1 Å². The Labute approximate surface area is 105 Å². The summed E-state index contributed by atoms with van der Waals surface area (Å²) in [6, 6.07) is 10.7. The third-order valence-electron chi connectivity index (χ3n) is 4.19. The van der Waals surface area contributed by atoms with Gasteiger partial charge in [0.2, 0.25) is 0 Å². The van der Waals surface area contributed by atoms with Crippen molar-refractivity contribution in [1.82, 2.24) is 5.32 Å². The van der Waals surface area contributed by atoms with Crippen molar-refractivity contribution >= 4 is 0 Å². The lowest BCUT2D eigenvalue weighted by atomic mass is 9.73. The van der Waals surface area contributed by atoms with Gasteiger partial charge in [-0.3, -0.25) is 0 Å². The third-order valence-corrected chi connectivity index (χ3v) is 4.19. The van der Waals surface area contributed by atoms with Crippen LogP contribution in [-0.4, -0.2) is 18.6 Å². The van der Waals surface area contributed by atoms with Crippen LogP contribution in [0, 0.1) is 5.92 Å². The first-order chi connectivity index (χ1) is 8.24. The Hall–Kier alpha value is -0.860. The number of hydrogen-bond donors (Lipinski definition) is 2. The van der Waals surface area contributed by atoms with Crippen molar-refractivity contribution in [1.29, 1.82) is 0 Å². The van der Waals surface area contributed by atoms with E-state index in [9.17, 15) is 0 Å². The topological polar surface area (TPSA) is 38.0 Å². The van der Waals surface area contributed by atoms with Crippen molar-refractivity contribution in [3.05, 3.63) is 35.9 Å². The Balaban J connectivity index is 2.07. The second-order valence-corrected chi connectivity index (χ2v) is 5.27. The van der Waals surface area contributed by atoms with E-state index in [1.54, 1.807) is 0 Å².